The lowest BCUT2D eigenvalue weighted by molar-refractivity contribution is -0.121. The Labute approximate surface area is 115 Å². The molecular formula is C15H21NOS. The normalized spacial score (nSPS) is 17.7. The van der Waals surface area contributed by atoms with Gasteiger partial charge in [0.05, 0.1) is 6.42 Å². The second kappa shape index (κ2) is 6.28. The molecule has 0 heterocycles. The van der Waals surface area contributed by atoms with Crippen LogP contribution in [0.1, 0.15) is 38.2 Å². The molecule has 1 saturated carbocycles. The molecule has 3 heteroatoms. The van der Waals surface area contributed by atoms with Gasteiger partial charge in [0.15, 0.2) is 0 Å². The summed E-state index contributed by atoms with van der Waals surface area (Å²) in [4.78, 5) is 12.9. The minimum absolute atomic E-state index is 0.126. The van der Waals surface area contributed by atoms with Crippen molar-refractivity contribution in [3.63, 3.8) is 0 Å². The first-order chi connectivity index (χ1) is 8.65. The van der Waals surface area contributed by atoms with Crippen molar-refractivity contribution in [2.45, 2.75) is 50.0 Å². The second-order valence-electron chi connectivity index (χ2n) is 5.24. The summed E-state index contributed by atoms with van der Waals surface area (Å²) in [6.45, 7) is 2.13. The van der Waals surface area contributed by atoms with Crippen LogP contribution < -0.4 is 5.32 Å². The van der Waals surface area contributed by atoms with Crippen molar-refractivity contribution < 1.29 is 4.79 Å². The summed E-state index contributed by atoms with van der Waals surface area (Å²) >= 11 is 4.24. The van der Waals surface area contributed by atoms with Gasteiger partial charge < -0.3 is 5.32 Å². The molecule has 1 N–H and O–H groups in total. The number of rotatable bonds is 4. The Morgan fingerprint density at radius 3 is 2.56 bits per heavy atom. The monoisotopic (exact) mass is 263 g/mol. The highest BCUT2D eigenvalue weighted by molar-refractivity contribution is 7.80. The average molecular weight is 263 g/mol. The number of thiol groups is 1. The summed E-state index contributed by atoms with van der Waals surface area (Å²) < 4.78 is 0. The summed E-state index contributed by atoms with van der Waals surface area (Å²) in [5, 5.41) is 3.13. The third-order valence-corrected chi connectivity index (χ3v) is 4.09. The maximum absolute atomic E-state index is 11.9. The van der Waals surface area contributed by atoms with E-state index in [1.165, 1.54) is 25.7 Å². The Morgan fingerprint density at radius 1 is 1.33 bits per heavy atom. The maximum Gasteiger partial charge on any atom is 0.224 e. The van der Waals surface area contributed by atoms with Gasteiger partial charge in [0, 0.05) is 10.9 Å². The van der Waals surface area contributed by atoms with E-state index in [9.17, 15) is 4.79 Å². The van der Waals surface area contributed by atoms with Gasteiger partial charge in [-0.25, -0.2) is 0 Å². The van der Waals surface area contributed by atoms with E-state index in [-0.39, 0.29) is 5.91 Å². The smallest absolute Gasteiger partial charge is 0.224 e. The molecule has 0 bridgehead atoms. The first kappa shape index (κ1) is 13.5. The molecule has 0 spiro atoms. The van der Waals surface area contributed by atoms with E-state index < -0.39 is 0 Å². The molecule has 1 aliphatic carbocycles. The zero-order chi connectivity index (χ0) is 13.0. The number of carbonyl (C=O) groups is 1. The highest BCUT2D eigenvalue weighted by Crippen LogP contribution is 2.27. The van der Waals surface area contributed by atoms with E-state index in [2.05, 4.69) is 24.9 Å². The Kier molecular flexibility index (Phi) is 4.70. The standard InChI is InChI=1S/C15H21NOS/c1-11(13-4-2-3-5-13)16-15(17)10-12-6-8-14(18)9-7-12/h6-9,11,13,18H,2-5,10H2,1H3,(H,16,17). The van der Waals surface area contributed by atoms with E-state index in [4.69, 9.17) is 0 Å². The molecule has 1 fully saturated rings. The molecule has 0 radical (unpaired) electrons. The molecule has 18 heavy (non-hydrogen) atoms. The largest absolute Gasteiger partial charge is 0.353 e. The van der Waals surface area contributed by atoms with Crippen LogP contribution in [-0.2, 0) is 11.2 Å². The number of hydrogen-bond acceptors (Lipinski definition) is 2. The number of carbonyl (C=O) groups excluding carboxylic acids is 1. The lowest BCUT2D eigenvalue weighted by atomic mass is 9.99. The molecule has 1 aliphatic rings. The van der Waals surface area contributed by atoms with Crippen LogP contribution in [0.3, 0.4) is 0 Å². The molecule has 2 rings (SSSR count). The minimum Gasteiger partial charge on any atom is -0.353 e. The van der Waals surface area contributed by atoms with Crippen molar-refractivity contribution in [3.8, 4) is 0 Å². The highest BCUT2D eigenvalue weighted by atomic mass is 32.1. The topological polar surface area (TPSA) is 29.1 Å². The summed E-state index contributed by atoms with van der Waals surface area (Å²) in [6, 6.07) is 8.08. The van der Waals surface area contributed by atoms with Crippen molar-refractivity contribution in [1.82, 2.24) is 5.32 Å². The van der Waals surface area contributed by atoms with Crippen LogP contribution in [-0.4, -0.2) is 11.9 Å². The zero-order valence-corrected chi connectivity index (χ0v) is 11.7. The molecule has 2 nitrogen and oxygen atoms in total. The molecule has 1 atom stereocenters. The predicted octanol–water partition coefficient (Wildman–Crippen LogP) is 3.21. The van der Waals surface area contributed by atoms with E-state index in [0.717, 1.165) is 10.5 Å². The Bertz CT molecular complexity index is 395. The van der Waals surface area contributed by atoms with Crippen molar-refractivity contribution in [1.29, 1.82) is 0 Å². The van der Waals surface area contributed by atoms with Crippen molar-refractivity contribution in [3.05, 3.63) is 29.8 Å². The third-order valence-electron chi connectivity index (χ3n) is 3.80. The molecular weight excluding hydrogens is 242 g/mol. The highest BCUT2D eigenvalue weighted by Gasteiger charge is 2.22. The number of nitrogens with one attached hydrogen (secondary N) is 1. The van der Waals surface area contributed by atoms with Crippen LogP contribution in [0.5, 0.6) is 0 Å². The van der Waals surface area contributed by atoms with Crippen molar-refractivity contribution in [2.24, 2.45) is 5.92 Å². The second-order valence-corrected chi connectivity index (χ2v) is 5.76. The van der Waals surface area contributed by atoms with Crippen LogP contribution >= 0.6 is 12.6 Å². The molecule has 1 amide bonds. The summed E-state index contributed by atoms with van der Waals surface area (Å²) in [5.74, 6) is 0.801. The Morgan fingerprint density at radius 2 is 1.94 bits per heavy atom. The zero-order valence-electron chi connectivity index (χ0n) is 10.9. The third kappa shape index (κ3) is 3.77. The summed E-state index contributed by atoms with van der Waals surface area (Å²) in [5.41, 5.74) is 1.05. The SMILES string of the molecule is CC(NC(=O)Cc1ccc(S)cc1)C1CCCC1. The quantitative estimate of drug-likeness (QED) is 0.803. The lowest BCUT2D eigenvalue weighted by Crippen LogP contribution is -2.38. The van der Waals surface area contributed by atoms with Crippen LogP contribution in [0.4, 0.5) is 0 Å². The van der Waals surface area contributed by atoms with Gasteiger partial charge in [0.25, 0.3) is 0 Å². The van der Waals surface area contributed by atoms with Gasteiger partial charge in [-0.3, -0.25) is 4.79 Å². The van der Waals surface area contributed by atoms with Crippen molar-refractivity contribution >= 4 is 18.5 Å². The van der Waals surface area contributed by atoms with E-state index in [0.29, 0.717) is 18.4 Å². The van der Waals surface area contributed by atoms with E-state index >= 15 is 0 Å². The first-order valence-electron chi connectivity index (χ1n) is 6.72. The van der Waals surface area contributed by atoms with Gasteiger partial charge in [-0.15, -0.1) is 12.6 Å². The minimum atomic E-state index is 0.126. The molecule has 0 aromatic heterocycles. The lowest BCUT2D eigenvalue weighted by Gasteiger charge is -2.20. The van der Waals surface area contributed by atoms with E-state index in [1.807, 2.05) is 24.3 Å². The molecule has 98 valence electrons. The van der Waals surface area contributed by atoms with Crippen LogP contribution in [0.25, 0.3) is 0 Å². The average Bonchev–Trinajstić information content (AvgIpc) is 2.85. The van der Waals surface area contributed by atoms with Gasteiger partial charge >= 0.3 is 0 Å². The Balaban J connectivity index is 1.82. The summed E-state index contributed by atoms with van der Waals surface area (Å²) in [6.07, 6.45) is 5.61. The van der Waals surface area contributed by atoms with Crippen molar-refractivity contribution in [2.75, 3.05) is 0 Å². The van der Waals surface area contributed by atoms with Crippen LogP contribution in [0.15, 0.2) is 29.2 Å². The molecule has 0 aliphatic heterocycles. The number of amides is 1. The van der Waals surface area contributed by atoms with Crippen LogP contribution in [0, 0.1) is 5.92 Å². The fourth-order valence-electron chi connectivity index (χ4n) is 2.68. The Hall–Kier alpha value is -0.960. The molecule has 1 aromatic rings. The van der Waals surface area contributed by atoms with Crippen LogP contribution in [0.2, 0.25) is 0 Å². The van der Waals surface area contributed by atoms with Gasteiger partial charge in [-0.1, -0.05) is 25.0 Å². The maximum atomic E-state index is 11.9. The van der Waals surface area contributed by atoms with E-state index in [1.54, 1.807) is 0 Å². The fraction of sp³-hybridized carbons (Fsp3) is 0.533. The predicted molar refractivity (Wildman–Crippen MR) is 77.0 cm³/mol. The summed E-state index contributed by atoms with van der Waals surface area (Å²) in [7, 11) is 0. The first-order valence-corrected chi connectivity index (χ1v) is 7.17. The van der Waals surface area contributed by atoms with Gasteiger partial charge in [-0.05, 0) is 43.4 Å². The molecule has 1 aromatic carbocycles. The number of benzene rings is 1. The van der Waals surface area contributed by atoms with Gasteiger partial charge in [0.2, 0.25) is 5.91 Å². The molecule has 1 unspecified atom stereocenters. The van der Waals surface area contributed by atoms with Gasteiger partial charge in [-0.2, -0.15) is 0 Å². The number of hydrogen-bond donors (Lipinski definition) is 2. The molecule has 0 saturated heterocycles. The van der Waals surface area contributed by atoms with Gasteiger partial charge in [0.1, 0.15) is 0 Å². The fourth-order valence-corrected chi connectivity index (χ4v) is 2.83.